The van der Waals surface area contributed by atoms with Gasteiger partial charge in [0.2, 0.25) is 5.91 Å². The summed E-state index contributed by atoms with van der Waals surface area (Å²) in [4.78, 5) is 26.3. The number of ketones is 1. The van der Waals surface area contributed by atoms with Gasteiger partial charge in [0.05, 0.1) is 36.8 Å². The molecule has 1 aliphatic rings. The first-order valence-corrected chi connectivity index (χ1v) is 9.18. The summed E-state index contributed by atoms with van der Waals surface area (Å²) >= 11 is 6.14. The van der Waals surface area contributed by atoms with Crippen LogP contribution in [-0.2, 0) is 9.53 Å². The van der Waals surface area contributed by atoms with E-state index in [1.165, 1.54) is 6.92 Å². The second-order valence-electron chi connectivity index (χ2n) is 6.26. The summed E-state index contributed by atoms with van der Waals surface area (Å²) in [6.07, 6.45) is 0. The third-order valence-corrected chi connectivity index (χ3v) is 4.57. The van der Waals surface area contributed by atoms with E-state index < -0.39 is 0 Å². The number of carbonyl (C=O) groups is 2. The molecule has 3 rings (SSSR count). The quantitative estimate of drug-likeness (QED) is 0.743. The highest BCUT2D eigenvalue weighted by molar-refractivity contribution is 6.31. The number of nitrogens with one attached hydrogen (secondary N) is 2. The molecule has 0 aliphatic carbocycles. The Bertz CT molecular complexity index is 835. The number of morpholine rings is 1. The molecule has 27 heavy (non-hydrogen) atoms. The summed E-state index contributed by atoms with van der Waals surface area (Å²) in [6, 6.07) is 12.5. The van der Waals surface area contributed by atoms with Gasteiger partial charge in [0.25, 0.3) is 0 Å². The van der Waals surface area contributed by atoms with Crippen LogP contribution in [0, 0.1) is 0 Å². The minimum atomic E-state index is -0.239. The number of para-hydroxylation sites is 1. The molecule has 7 heteroatoms. The predicted molar refractivity (Wildman–Crippen MR) is 108 cm³/mol. The summed E-state index contributed by atoms with van der Waals surface area (Å²) in [7, 11) is 0. The fourth-order valence-corrected chi connectivity index (χ4v) is 3.17. The smallest absolute Gasteiger partial charge is 0.243 e. The van der Waals surface area contributed by atoms with Crippen LogP contribution < -0.4 is 15.5 Å². The zero-order valence-electron chi connectivity index (χ0n) is 15.1. The van der Waals surface area contributed by atoms with Gasteiger partial charge in [0.1, 0.15) is 0 Å². The molecule has 0 spiro atoms. The standard InChI is InChI=1S/C20H22ClN3O3/c1-14(25)16-4-2-3-5-17(16)23-20(26)13-22-18-12-15(21)6-7-19(18)24-8-10-27-11-9-24/h2-7,12,22H,8-11,13H2,1H3,(H,23,26). The Kier molecular flexibility index (Phi) is 6.32. The number of anilines is 3. The molecule has 0 aromatic heterocycles. The molecule has 2 aromatic rings. The Morgan fingerprint density at radius 1 is 1.11 bits per heavy atom. The van der Waals surface area contributed by atoms with Gasteiger partial charge in [-0.1, -0.05) is 23.7 Å². The summed E-state index contributed by atoms with van der Waals surface area (Å²) < 4.78 is 5.40. The summed E-state index contributed by atoms with van der Waals surface area (Å²) in [5, 5.41) is 6.54. The molecule has 1 aliphatic heterocycles. The van der Waals surface area contributed by atoms with Gasteiger partial charge >= 0.3 is 0 Å². The molecule has 0 bridgehead atoms. The topological polar surface area (TPSA) is 70.7 Å². The third-order valence-electron chi connectivity index (χ3n) is 4.33. The van der Waals surface area contributed by atoms with Crippen LogP contribution in [0.4, 0.5) is 17.1 Å². The molecule has 1 amide bonds. The van der Waals surface area contributed by atoms with Crippen molar-refractivity contribution in [2.45, 2.75) is 6.92 Å². The number of Topliss-reactive ketones (excluding diaryl/α,β-unsaturated/α-hetero) is 1. The largest absolute Gasteiger partial charge is 0.378 e. The van der Waals surface area contributed by atoms with E-state index in [4.69, 9.17) is 16.3 Å². The first-order chi connectivity index (χ1) is 13.0. The van der Waals surface area contributed by atoms with Crippen molar-refractivity contribution in [3.8, 4) is 0 Å². The maximum Gasteiger partial charge on any atom is 0.243 e. The normalized spacial score (nSPS) is 13.9. The van der Waals surface area contributed by atoms with Crippen molar-refractivity contribution in [2.24, 2.45) is 0 Å². The van der Waals surface area contributed by atoms with E-state index in [9.17, 15) is 9.59 Å². The molecular formula is C20H22ClN3O3. The minimum Gasteiger partial charge on any atom is -0.378 e. The molecule has 1 fully saturated rings. The highest BCUT2D eigenvalue weighted by atomic mass is 35.5. The van der Waals surface area contributed by atoms with E-state index in [1.807, 2.05) is 18.2 Å². The second kappa shape index (κ2) is 8.88. The zero-order chi connectivity index (χ0) is 19.2. The Balaban J connectivity index is 1.68. The third kappa shape index (κ3) is 4.99. The molecular weight excluding hydrogens is 366 g/mol. The monoisotopic (exact) mass is 387 g/mol. The second-order valence-corrected chi connectivity index (χ2v) is 6.70. The molecule has 6 nitrogen and oxygen atoms in total. The highest BCUT2D eigenvalue weighted by Gasteiger charge is 2.16. The van der Waals surface area contributed by atoms with Crippen molar-refractivity contribution >= 4 is 40.4 Å². The summed E-state index contributed by atoms with van der Waals surface area (Å²) in [5.74, 6) is -0.333. The maximum atomic E-state index is 12.4. The van der Waals surface area contributed by atoms with E-state index in [1.54, 1.807) is 24.3 Å². The molecule has 1 saturated heterocycles. The molecule has 1 heterocycles. The molecule has 0 radical (unpaired) electrons. The van der Waals surface area contributed by atoms with Crippen molar-refractivity contribution in [3.63, 3.8) is 0 Å². The average molecular weight is 388 g/mol. The molecule has 142 valence electrons. The van der Waals surface area contributed by atoms with E-state index in [0.29, 0.717) is 29.5 Å². The van der Waals surface area contributed by atoms with Gasteiger partial charge in [-0.3, -0.25) is 9.59 Å². The van der Waals surface area contributed by atoms with Crippen LogP contribution >= 0.6 is 11.6 Å². The van der Waals surface area contributed by atoms with Crippen molar-refractivity contribution in [1.82, 2.24) is 0 Å². The number of hydrogen-bond donors (Lipinski definition) is 2. The van der Waals surface area contributed by atoms with Crippen LogP contribution in [0.3, 0.4) is 0 Å². The van der Waals surface area contributed by atoms with E-state index in [-0.39, 0.29) is 18.2 Å². The first-order valence-electron chi connectivity index (χ1n) is 8.80. The predicted octanol–water partition coefficient (Wildman–Crippen LogP) is 3.43. The number of rotatable bonds is 6. The fourth-order valence-electron chi connectivity index (χ4n) is 3.00. The van der Waals surface area contributed by atoms with Crippen molar-refractivity contribution < 1.29 is 14.3 Å². The number of amides is 1. The fraction of sp³-hybridized carbons (Fsp3) is 0.300. The lowest BCUT2D eigenvalue weighted by Crippen LogP contribution is -2.36. The van der Waals surface area contributed by atoms with E-state index in [0.717, 1.165) is 24.5 Å². The Labute approximate surface area is 163 Å². The lowest BCUT2D eigenvalue weighted by molar-refractivity contribution is -0.114. The van der Waals surface area contributed by atoms with E-state index >= 15 is 0 Å². The van der Waals surface area contributed by atoms with Gasteiger partial charge in [-0.2, -0.15) is 0 Å². The van der Waals surface area contributed by atoms with Crippen LogP contribution in [0.1, 0.15) is 17.3 Å². The van der Waals surface area contributed by atoms with Crippen LogP contribution in [0.25, 0.3) is 0 Å². The van der Waals surface area contributed by atoms with Crippen molar-refractivity contribution in [1.29, 1.82) is 0 Å². The van der Waals surface area contributed by atoms with Crippen molar-refractivity contribution in [3.05, 3.63) is 53.1 Å². The molecule has 0 unspecified atom stereocenters. The average Bonchev–Trinajstić information content (AvgIpc) is 2.67. The van der Waals surface area contributed by atoms with Crippen LogP contribution in [0.2, 0.25) is 5.02 Å². The van der Waals surface area contributed by atoms with Crippen LogP contribution in [0.5, 0.6) is 0 Å². The van der Waals surface area contributed by atoms with Gasteiger partial charge < -0.3 is 20.3 Å². The highest BCUT2D eigenvalue weighted by Crippen LogP contribution is 2.29. The Hall–Kier alpha value is -2.57. The lowest BCUT2D eigenvalue weighted by Gasteiger charge is -2.30. The van der Waals surface area contributed by atoms with Gasteiger partial charge in [-0.05, 0) is 37.3 Å². The van der Waals surface area contributed by atoms with Gasteiger partial charge in [-0.25, -0.2) is 0 Å². The number of nitrogens with zero attached hydrogens (tertiary/aromatic N) is 1. The van der Waals surface area contributed by atoms with Gasteiger partial charge in [0, 0.05) is 23.7 Å². The molecule has 0 saturated carbocycles. The molecule has 2 N–H and O–H groups in total. The maximum absolute atomic E-state index is 12.4. The number of ether oxygens (including phenoxy) is 1. The lowest BCUT2D eigenvalue weighted by atomic mass is 10.1. The number of hydrogen-bond acceptors (Lipinski definition) is 5. The van der Waals surface area contributed by atoms with Gasteiger partial charge in [-0.15, -0.1) is 0 Å². The SMILES string of the molecule is CC(=O)c1ccccc1NC(=O)CNc1cc(Cl)ccc1N1CCOCC1. The number of benzene rings is 2. The number of carbonyl (C=O) groups excluding carboxylic acids is 2. The van der Waals surface area contributed by atoms with Crippen LogP contribution in [-0.4, -0.2) is 44.5 Å². The van der Waals surface area contributed by atoms with E-state index in [2.05, 4.69) is 15.5 Å². The molecule has 2 aromatic carbocycles. The Morgan fingerprint density at radius 2 is 1.85 bits per heavy atom. The van der Waals surface area contributed by atoms with Crippen LogP contribution in [0.15, 0.2) is 42.5 Å². The van der Waals surface area contributed by atoms with Crippen molar-refractivity contribution in [2.75, 3.05) is 48.4 Å². The zero-order valence-corrected chi connectivity index (χ0v) is 15.9. The number of halogens is 1. The summed E-state index contributed by atoms with van der Waals surface area (Å²) in [6.45, 7) is 4.45. The molecule has 0 atom stereocenters. The summed E-state index contributed by atoms with van der Waals surface area (Å²) in [5.41, 5.74) is 2.78. The van der Waals surface area contributed by atoms with Gasteiger partial charge in [0.15, 0.2) is 5.78 Å². The Morgan fingerprint density at radius 3 is 2.59 bits per heavy atom. The minimum absolute atomic E-state index is 0.0594. The first kappa shape index (κ1) is 19.2.